The number of allylic oxidation sites excluding steroid dienone is 3. The van der Waals surface area contributed by atoms with Crippen molar-refractivity contribution < 1.29 is 9.53 Å². The molecular formula is C17H26O2. The van der Waals surface area contributed by atoms with Crippen molar-refractivity contribution in [3.05, 3.63) is 24.3 Å². The molecule has 19 heavy (non-hydrogen) atoms. The molecular weight excluding hydrogens is 236 g/mol. The summed E-state index contributed by atoms with van der Waals surface area (Å²) >= 11 is 0. The number of hydrogen-bond acceptors (Lipinski definition) is 2. The number of fused-ring (bicyclic) bond motifs is 2. The van der Waals surface area contributed by atoms with Crippen LogP contribution in [-0.2, 0) is 9.53 Å². The number of ether oxygens (including phenoxy) is 1. The molecule has 2 nitrogen and oxygen atoms in total. The Hall–Kier alpha value is -1.05. The number of unbranched alkanes of at least 4 members (excludes halogenated alkanes) is 4. The summed E-state index contributed by atoms with van der Waals surface area (Å²) in [5.41, 5.74) is 0. The zero-order chi connectivity index (χ0) is 13.5. The zero-order valence-corrected chi connectivity index (χ0v) is 12.0. The fourth-order valence-corrected chi connectivity index (χ4v) is 3.19. The van der Waals surface area contributed by atoms with Crippen molar-refractivity contribution >= 4 is 5.97 Å². The molecule has 0 aromatic carbocycles. The molecule has 1 saturated carbocycles. The Balaban J connectivity index is 1.55. The lowest BCUT2D eigenvalue weighted by Crippen LogP contribution is -2.16. The van der Waals surface area contributed by atoms with Gasteiger partial charge in [-0.3, -0.25) is 0 Å². The highest BCUT2D eigenvalue weighted by Gasteiger charge is 2.35. The van der Waals surface area contributed by atoms with Crippen molar-refractivity contribution in [2.24, 2.45) is 17.8 Å². The van der Waals surface area contributed by atoms with Gasteiger partial charge in [0, 0.05) is 6.08 Å². The van der Waals surface area contributed by atoms with Crippen LogP contribution in [0, 0.1) is 17.8 Å². The second-order valence-corrected chi connectivity index (χ2v) is 5.92. The molecule has 3 atom stereocenters. The molecule has 106 valence electrons. The molecule has 2 aliphatic rings. The molecule has 0 heterocycles. The van der Waals surface area contributed by atoms with E-state index in [0.717, 1.165) is 12.3 Å². The average Bonchev–Trinajstić information content (AvgIpc) is 3.02. The second-order valence-electron chi connectivity index (χ2n) is 5.92. The van der Waals surface area contributed by atoms with Crippen LogP contribution in [0.15, 0.2) is 24.3 Å². The molecule has 2 bridgehead atoms. The van der Waals surface area contributed by atoms with Gasteiger partial charge in [-0.25, -0.2) is 4.79 Å². The molecule has 0 amide bonds. The third kappa shape index (κ3) is 4.52. The minimum Gasteiger partial charge on any atom is -0.462 e. The maximum atomic E-state index is 11.6. The first kappa shape index (κ1) is 14.4. The Morgan fingerprint density at radius 2 is 2.16 bits per heavy atom. The minimum absolute atomic E-state index is 0.165. The molecule has 0 aliphatic heterocycles. The Labute approximate surface area is 116 Å². The van der Waals surface area contributed by atoms with Gasteiger partial charge in [-0.2, -0.15) is 0 Å². The highest BCUT2D eigenvalue weighted by atomic mass is 16.5. The summed E-state index contributed by atoms with van der Waals surface area (Å²) in [6, 6.07) is 0. The summed E-state index contributed by atoms with van der Waals surface area (Å²) in [5.74, 6) is 1.82. The van der Waals surface area contributed by atoms with E-state index in [0.29, 0.717) is 18.4 Å². The minimum atomic E-state index is -0.165. The number of carbonyl (C=O) groups is 1. The quantitative estimate of drug-likeness (QED) is 0.283. The number of carbonyl (C=O) groups excluding carboxylic acids is 1. The molecule has 0 saturated heterocycles. The monoisotopic (exact) mass is 262 g/mol. The van der Waals surface area contributed by atoms with Gasteiger partial charge in [0.05, 0.1) is 6.61 Å². The van der Waals surface area contributed by atoms with Gasteiger partial charge >= 0.3 is 5.97 Å². The smallest absolute Gasteiger partial charge is 0.330 e. The molecule has 2 aliphatic carbocycles. The first-order valence-electron chi connectivity index (χ1n) is 7.81. The highest BCUT2D eigenvalue weighted by Crippen LogP contribution is 2.43. The van der Waals surface area contributed by atoms with Gasteiger partial charge in [0.1, 0.15) is 0 Å². The second kappa shape index (κ2) is 7.52. The summed E-state index contributed by atoms with van der Waals surface area (Å²) in [7, 11) is 0. The molecule has 2 rings (SSSR count). The topological polar surface area (TPSA) is 26.3 Å². The molecule has 0 radical (unpaired) electrons. The van der Waals surface area contributed by atoms with Crippen molar-refractivity contribution in [2.75, 3.05) is 6.61 Å². The highest BCUT2D eigenvalue weighted by molar-refractivity contribution is 5.81. The first-order chi connectivity index (χ1) is 9.29. The lowest BCUT2D eigenvalue weighted by molar-refractivity contribution is -0.139. The van der Waals surface area contributed by atoms with E-state index >= 15 is 0 Å². The SMILES string of the molecule is CCCCCC/C=C/C(=O)OCC1CC2C=CC1C2. The van der Waals surface area contributed by atoms with Crippen LogP contribution < -0.4 is 0 Å². The maximum Gasteiger partial charge on any atom is 0.330 e. The van der Waals surface area contributed by atoms with E-state index < -0.39 is 0 Å². The molecule has 0 N–H and O–H groups in total. The Bertz CT molecular complexity index is 343. The van der Waals surface area contributed by atoms with Crippen molar-refractivity contribution in [3.8, 4) is 0 Å². The van der Waals surface area contributed by atoms with Gasteiger partial charge in [0.15, 0.2) is 0 Å². The average molecular weight is 262 g/mol. The first-order valence-corrected chi connectivity index (χ1v) is 7.81. The predicted octanol–water partition coefficient (Wildman–Crippen LogP) is 4.27. The molecule has 0 aromatic rings. The van der Waals surface area contributed by atoms with Crippen LogP contribution in [0.25, 0.3) is 0 Å². The number of rotatable bonds is 8. The third-order valence-corrected chi connectivity index (χ3v) is 4.33. The summed E-state index contributed by atoms with van der Waals surface area (Å²) in [6.45, 7) is 2.81. The summed E-state index contributed by atoms with van der Waals surface area (Å²) in [4.78, 5) is 11.6. The lowest BCUT2D eigenvalue weighted by atomic mass is 9.95. The summed E-state index contributed by atoms with van der Waals surface area (Å²) in [5, 5.41) is 0. The lowest BCUT2D eigenvalue weighted by Gasteiger charge is -2.17. The number of hydrogen-bond donors (Lipinski definition) is 0. The third-order valence-electron chi connectivity index (χ3n) is 4.33. The Morgan fingerprint density at radius 3 is 2.84 bits per heavy atom. The van der Waals surface area contributed by atoms with Gasteiger partial charge in [-0.05, 0) is 43.4 Å². The maximum absolute atomic E-state index is 11.6. The van der Waals surface area contributed by atoms with Gasteiger partial charge in [0.25, 0.3) is 0 Å². The van der Waals surface area contributed by atoms with E-state index in [4.69, 9.17) is 4.74 Å². The Morgan fingerprint density at radius 1 is 1.26 bits per heavy atom. The van der Waals surface area contributed by atoms with Crippen LogP contribution in [0.4, 0.5) is 0 Å². The summed E-state index contributed by atoms with van der Waals surface area (Å²) in [6.07, 6.45) is 16.6. The van der Waals surface area contributed by atoms with Crippen LogP contribution in [0.3, 0.4) is 0 Å². The molecule has 0 spiro atoms. The largest absolute Gasteiger partial charge is 0.462 e. The van der Waals surface area contributed by atoms with E-state index in [1.807, 2.05) is 6.08 Å². The fraction of sp³-hybridized carbons (Fsp3) is 0.706. The van der Waals surface area contributed by atoms with E-state index in [2.05, 4.69) is 19.1 Å². The normalized spacial score (nSPS) is 28.4. The standard InChI is InChI=1S/C17H26O2/c1-2-3-4-5-6-7-8-17(18)19-13-16-12-14-9-10-15(16)11-14/h7-10,14-16H,2-6,11-13H2,1H3/b8-7+. The van der Waals surface area contributed by atoms with E-state index in [1.165, 1.54) is 38.5 Å². The van der Waals surface area contributed by atoms with Gasteiger partial charge in [-0.1, -0.05) is 44.4 Å². The fourth-order valence-electron chi connectivity index (χ4n) is 3.19. The van der Waals surface area contributed by atoms with Gasteiger partial charge < -0.3 is 4.74 Å². The molecule has 1 fully saturated rings. The predicted molar refractivity (Wildman–Crippen MR) is 77.7 cm³/mol. The van der Waals surface area contributed by atoms with Gasteiger partial charge in [-0.15, -0.1) is 0 Å². The van der Waals surface area contributed by atoms with E-state index in [-0.39, 0.29) is 5.97 Å². The van der Waals surface area contributed by atoms with Crippen LogP contribution in [0.1, 0.15) is 51.9 Å². The van der Waals surface area contributed by atoms with Crippen LogP contribution in [-0.4, -0.2) is 12.6 Å². The molecule has 2 heteroatoms. The van der Waals surface area contributed by atoms with Gasteiger partial charge in [0.2, 0.25) is 0 Å². The summed E-state index contributed by atoms with van der Waals surface area (Å²) < 4.78 is 5.35. The zero-order valence-electron chi connectivity index (χ0n) is 12.0. The van der Waals surface area contributed by atoms with E-state index in [1.54, 1.807) is 6.08 Å². The van der Waals surface area contributed by atoms with Crippen molar-refractivity contribution in [3.63, 3.8) is 0 Å². The number of esters is 1. The van der Waals surface area contributed by atoms with Crippen molar-refractivity contribution in [1.29, 1.82) is 0 Å². The Kier molecular flexibility index (Phi) is 5.68. The van der Waals surface area contributed by atoms with Crippen LogP contribution in [0.5, 0.6) is 0 Å². The van der Waals surface area contributed by atoms with Crippen LogP contribution in [0.2, 0.25) is 0 Å². The molecule has 3 unspecified atom stereocenters. The molecule has 0 aromatic heterocycles. The van der Waals surface area contributed by atoms with E-state index in [9.17, 15) is 4.79 Å². The van der Waals surface area contributed by atoms with Crippen molar-refractivity contribution in [1.82, 2.24) is 0 Å². The van der Waals surface area contributed by atoms with Crippen molar-refractivity contribution in [2.45, 2.75) is 51.9 Å². The van der Waals surface area contributed by atoms with Crippen LogP contribution >= 0.6 is 0 Å².